The van der Waals surface area contributed by atoms with Gasteiger partial charge in [0.1, 0.15) is 0 Å². The predicted octanol–water partition coefficient (Wildman–Crippen LogP) is 2.43. The molecule has 112 valence electrons. The third kappa shape index (κ3) is 3.50. The first-order valence-corrected chi connectivity index (χ1v) is 6.72. The summed E-state index contributed by atoms with van der Waals surface area (Å²) in [7, 11) is 0. The second kappa shape index (κ2) is 6.56. The minimum atomic E-state index is -4.35. The minimum Gasteiger partial charge on any atom is -0.380 e. The van der Waals surface area contributed by atoms with Crippen LogP contribution in [0.25, 0.3) is 0 Å². The van der Waals surface area contributed by atoms with E-state index >= 15 is 0 Å². The van der Waals surface area contributed by atoms with E-state index < -0.39 is 17.8 Å². The van der Waals surface area contributed by atoms with Gasteiger partial charge in [-0.3, -0.25) is 4.90 Å². The zero-order valence-electron chi connectivity index (χ0n) is 11.2. The van der Waals surface area contributed by atoms with Gasteiger partial charge in [-0.05, 0) is 18.1 Å². The summed E-state index contributed by atoms with van der Waals surface area (Å²) in [6, 6.07) is 5.25. The van der Waals surface area contributed by atoms with Gasteiger partial charge < -0.3 is 10.5 Å². The lowest BCUT2D eigenvalue weighted by Crippen LogP contribution is -2.36. The molecule has 0 aromatic heterocycles. The van der Waals surface area contributed by atoms with Gasteiger partial charge in [-0.15, -0.1) is 0 Å². The molecular weight excluding hydrogens is 269 g/mol. The number of hydrogen-bond donors (Lipinski definition) is 1. The molecule has 1 saturated heterocycles. The van der Waals surface area contributed by atoms with E-state index in [4.69, 9.17) is 10.5 Å². The summed E-state index contributed by atoms with van der Waals surface area (Å²) in [6.45, 7) is 2.65. The maximum absolute atomic E-state index is 13.1. The van der Waals surface area contributed by atoms with E-state index in [2.05, 4.69) is 0 Å². The van der Waals surface area contributed by atoms with Crippen molar-refractivity contribution in [2.75, 3.05) is 32.8 Å². The van der Waals surface area contributed by atoms with E-state index in [1.54, 1.807) is 6.07 Å². The molecule has 20 heavy (non-hydrogen) atoms. The molecule has 1 unspecified atom stereocenters. The summed E-state index contributed by atoms with van der Waals surface area (Å²) in [5.74, 6) is 0. The average molecular weight is 288 g/mol. The maximum Gasteiger partial charge on any atom is 0.416 e. The molecule has 0 radical (unpaired) electrons. The van der Waals surface area contributed by atoms with Gasteiger partial charge in [0, 0.05) is 32.3 Å². The second-order valence-electron chi connectivity index (χ2n) is 4.84. The molecular formula is C14H19F3N2O. The number of hydrogen-bond acceptors (Lipinski definition) is 3. The predicted molar refractivity (Wildman–Crippen MR) is 70.2 cm³/mol. The molecule has 1 fully saturated rings. The Labute approximate surface area is 116 Å². The Kier molecular flexibility index (Phi) is 5.01. The standard InChI is InChI=1S/C14H19F3N2O/c15-14(16,17)12-5-2-1-4-11(12)13(10-18)19-6-3-8-20-9-7-19/h1-2,4-5,13H,3,6-10,18H2. The molecule has 1 aliphatic heterocycles. The minimum absolute atomic E-state index is 0.160. The van der Waals surface area contributed by atoms with Crippen molar-refractivity contribution < 1.29 is 17.9 Å². The molecule has 1 aliphatic rings. The Balaban J connectivity index is 2.31. The highest BCUT2D eigenvalue weighted by molar-refractivity contribution is 5.32. The molecule has 1 aromatic carbocycles. The van der Waals surface area contributed by atoms with Crippen LogP contribution in [0.4, 0.5) is 13.2 Å². The Morgan fingerprint density at radius 3 is 2.65 bits per heavy atom. The molecule has 0 aliphatic carbocycles. The van der Waals surface area contributed by atoms with E-state index in [1.165, 1.54) is 12.1 Å². The van der Waals surface area contributed by atoms with E-state index in [9.17, 15) is 13.2 Å². The summed E-state index contributed by atoms with van der Waals surface area (Å²) in [5, 5.41) is 0. The summed E-state index contributed by atoms with van der Waals surface area (Å²) in [6.07, 6.45) is -3.54. The molecule has 0 saturated carbocycles. The van der Waals surface area contributed by atoms with E-state index in [1.807, 2.05) is 4.90 Å². The van der Waals surface area contributed by atoms with Crippen molar-refractivity contribution >= 4 is 0 Å². The highest BCUT2D eigenvalue weighted by Crippen LogP contribution is 2.36. The lowest BCUT2D eigenvalue weighted by atomic mass is 9.98. The van der Waals surface area contributed by atoms with Crippen LogP contribution in [0.5, 0.6) is 0 Å². The summed E-state index contributed by atoms with van der Waals surface area (Å²) >= 11 is 0. The molecule has 6 heteroatoms. The lowest BCUT2D eigenvalue weighted by molar-refractivity contribution is -0.138. The zero-order valence-corrected chi connectivity index (χ0v) is 11.2. The van der Waals surface area contributed by atoms with E-state index in [-0.39, 0.29) is 12.1 Å². The third-order valence-electron chi connectivity index (χ3n) is 3.55. The van der Waals surface area contributed by atoms with Crippen LogP contribution >= 0.6 is 0 Å². The van der Waals surface area contributed by atoms with Crippen molar-refractivity contribution in [3.8, 4) is 0 Å². The van der Waals surface area contributed by atoms with Crippen LogP contribution in [0.1, 0.15) is 23.6 Å². The smallest absolute Gasteiger partial charge is 0.380 e. The van der Waals surface area contributed by atoms with Gasteiger partial charge in [0.2, 0.25) is 0 Å². The number of benzene rings is 1. The van der Waals surface area contributed by atoms with Gasteiger partial charge in [-0.2, -0.15) is 13.2 Å². The van der Waals surface area contributed by atoms with Gasteiger partial charge in [0.15, 0.2) is 0 Å². The zero-order chi connectivity index (χ0) is 14.6. The highest BCUT2D eigenvalue weighted by Gasteiger charge is 2.36. The van der Waals surface area contributed by atoms with Crippen molar-refractivity contribution in [2.45, 2.75) is 18.6 Å². The van der Waals surface area contributed by atoms with Crippen LogP contribution in [0.3, 0.4) is 0 Å². The summed E-state index contributed by atoms with van der Waals surface area (Å²) in [4.78, 5) is 1.98. The molecule has 1 aromatic rings. The van der Waals surface area contributed by atoms with E-state index in [0.717, 1.165) is 12.5 Å². The average Bonchev–Trinajstić information content (AvgIpc) is 2.68. The van der Waals surface area contributed by atoms with Crippen molar-refractivity contribution in [1.29, 1.82) is 0 Å². The molecule has 1 atom stereocenters. The van der Waals surface area contributed by atoms with Crippen LogP contribution in [0.15, 0.2) is 24.3 Å². The lowest BCUT2D eigenvalue weighted by Gasteiger charge is -2.31. The second-order valence-corrected chi connectivity index (χ2v) is 4.84. The molecule has 3 nitrogen and oxygen atoms in total. The Hall–Kier alpha value is -1.11. The van der Waals surface area contributed by atoms with Crippen molar-refractivity contribution in [3.63, 3.8) is 0 Å². The van der Waals surface area contributed by atoms with Crippen LogP contribution < -0.4 is 5.73 Å². The van der Waals surface area contributed by atoms with Crippen molar-refractivity contribution in [1.82, 2.24) is 4.90 Å². The SMILES string of the molecule is NCC(c1ccccc1C(F)(F)F)N1CCCOCC1. The van der Waals surface area contributed by atoms with Crippen molar-refractivity contribution in [3.05, 3.63) is 35.4 Å². The number of alkyl halides is 3. The number of halogens is 3. The number of nitrogens with two attached hydrogens (primary N) is 1. The quantitative estimate of drug-likeness (QED) is 0.928. The molecule has 0 amide bonds. The van der Waals surface area contributed by atoms with Crippen molar-refractivity contribution in [2.24, 2.45) is 5.73 Å². The first-order chi connectivity index (χ1) is 9.54. The van der Waals surface area contributed by atoms with Crippen LogP contribution in [-0.4, -0.2) is 37.7 Å². The molecule has 0 bridgehead atoms. The number of rotatable bonds is 3. The maximum atomic E-state index is 13.1. The normalized spacial score (nSPS) is 19.6. The fraction of sp³-hybridized carbons (Fsp3) is 0.571. The van der Waals surface area contributed by atoms with Crippen LogP contribution in [0, 0.1) is 0 Å². The van der Waals surface area contributed by atoms with Gasteiger partial charge in [-0.1, -0.05) is 18.2 Å². The monoisotopic (exact) mass is 288 g/mol. The third-order valence-corrected chi connectivity index (χ3v) is 3.55. The topological polar surface area (TPSA) is 38.5 Å². The fourth-order valence-corrected chi connectivity index (χ4v) is 2.60. The van der Waals surface area contributed by atoms with E-state index in [0.29, 0.717) is 26.3 Å². The molecule has 2 N–H and O–H groups in total. The first kappa shape index (κ1) is 15.3. The van der Waals surface area contributed by atoms with Gasteiger partial charge in [-0.25, -0.2) is 0 Å². The first-order valence-electron chi connectivity index (χ1n) is 6.72. The number of nitrogens with zero attached hydrogens (tertiary/aromatic N) is 1. The summed E-state index contributed by atoms with van der Waals surface area (Å²) < 4.78 is 44.7. The fourth-order valence-electron chi connectivity index (χ4n) is 2.60. The largest absolute Gasteiger partial charge is 0.416 e. The summed E-state index contributed by atoms with van der Waals surface area (Å²) in [5.41, 5.74) is 5.41. The molecule has 1 heterocycles. The van der Waals surface area contributed by atoms with Gasteiger partial charge >= 0.3 is 6.18 Å². The Morgan fingerprint density at radius 2 is 1.95 bits per heavy atom. The Bertz CT molecular complexity index is 429. The number of ether oxygens (including phenoxy) is 1. The van der Waals surface area contributed by atoms with Gasteiger partial charge in [0.25, 0.3) is 0 Å². The molecule has 2 rings (SSSR count). The van der Waals surface area contributed by atoms with Crippen LogP contribution in [-0.2, 0) is 10.9 Å². The molecule has 0 spiro atoms. The highest BCUT2D eigenvalue weighted by atomic mass is 19.4. The van der Waals surface area contributed by atoms with Gasteiger partial charge in [0.05, 0.1) is 12.2 Å². The Morgan fingerprint density at radius 1 is 1.20 bits per heavy atom. The van der Waals surface area contributed by atoms with Crippen LogP contribution in [0.2, 0.25) is 0 Å².